The van der Waals surface area contributed by atoms with Gasteiger partial charge in [-0.1, -0.05) is 53.5 Å². The first-order valence-corrected chi connectivity index (χ1v) is 7.71. The normalized spacial score (nSPS) is 11.5. The van der Waals surface area contributed by atoms with Crippen LogP contribution in [0.4, 0.5) is 0 Å². The second-order valence-corrected chi connectivity index (χ2v) is 6.47. The Bertz CT molecular complexity index is 672. The molecule has 0 unspecified atom stereocenters. The van der Waals surface area contributed by atoms with Crippen LogP contribution in [-0.2, 0) is 16.6 Å². The van der Waals surface area contributed by atoms with Gasteiger partial charge in [0, 0.05) is 6.54 Å². The maximum absolute atomic E-state index is 12.1. The molecule has 19 heavy (non-hydrogen) atoms. The van der Waals surface area contributed by atoms with E-state index in [1.165, 1.54) is 18.2 Å². The molecule has 0 atom stereocenters. The smallest absolute Gasteiger partial charge is 0.207 e. The Kier molecular flexibility index (Phi) is 4.47. The van der Waals surface area contributed by atoms with Crippen molar-refractivity contribution in [1.29, 1.82) is 0 Å². The molecular formula is C13H11Cl2NO2S. The van der Waals surface area contributed by atoms with Crippen LogP contribution in [-0.4, -0.2) is 8.42 Å². The van der Waals surface area contributed by atoms with Crippen LogP contribution in [0.2, 0.25) is 10.0 Å². The lowest BCUT2D eigenvalue weighted by Crippen LogP contribution is -2.23. The van der Waals surface area contributed by atoms with Crippen LogP contribution < -0.4 is 4.72 Å². The van der Waals surface area contributed by atoms with Gasteiger partial charge in [-0.05, 0) is 23.8 Å². The van der Waals surface area contributed by atoms with E-state index in [2.05, 4.69) is 4.72 Å². The van der Waals surface area contributed by atoms with Gasteiger partial charge in [-0.3, -0.25) is 0 Å². The van der Waals surface area contributed by atoms with Crippen molar-refractivity contribution in [2.75, 3.05) is 0 Å². The molecule has 0 saturated heterocycles. The van der Waals surface area contributed by atoms with Crippen LogP contribution in [0.15, 0.2) is 53.4 Å². The molecule has 0 aliphatic carbocycles. The molecule has 0 aliphatic rings. The van der Waals surface area contributed by atoms with Gasteiger partial charge < -0.3 is 0 Å². The summed E-state index contributed by atoms with van der Waals surface area (Å²) in [7, 11) is -3.59. The number of hydrogen-bond acceptors (Lipinski definition) is 2. The van der Waals surface area contributed by atoms with Crippen LogP contribution in [0, 0.1) is 0 Å². The third-order valence-corrected chi connectivity index (χ3v) is 4.65. The van der Waals surface area contributed by atoms with E-state index in [9.17, 15) is 8.42 Å². The Labute approximate surface area is 122 Å². The monoisotopic (exact) mass is 315 g/mol. The molecule has 0 heterocycles. The van der Waals surface area contributed by atoms with Gasteiger partial charge >= 0.3 is 0 Å². The van der Waals surface area contributed by atoms with Crippen molar-refractivity contribution < 1.29 is 8.42 Å². The predicted molar refractivity (Wildman–Crippen MR) is 76.9 cm³/mol. The largest absolute Gasteiger partial charge is 0.240 e. The molecule has 0 radical (unpaired) electrons. The molecule has 0 spiro atoms. The molecule has 0 saturated carbocycles. The molecule has 0 aromatic heterocycles. The Morgan fingerprint density at radius 3 is 2.26 bits per heavy atom. The van der Waals surface area contributed by atoms with Crippen molar-refractivity contribution in [1.82, 2.24) is 4.72 Å². The summed E-state index contributed by atoms with van der Waals surface area (Å²) in [5, 5.41) is 0.535. The van der Waals surface area contributed by atoms with Gasteiger partial charge in [0.1, 0.15) is 0 Å². The zero-order valence-electron chi connectivity index (χ0n) is 9.81. The number of hydrogen-bond donors (Lipinski definition) is 1. The van der Waals surface area contributed by atoms with Gasteiger partial charge in [0.15, 0.2) is 0 Å². The van der Waals surface area contributed by atoms with E-state index in [4.69, 9.17) is 23.2 Å². The fourth-order valence-corrected chi connectivity index (χ4v) is 2.91. The molecule has 2 rings (SSSR count). The maximum Gasteiger partial charge on any atom is 0.240 e. The topological polar surface area (TPSA) is 46.2 Å². The number of benzene rings is 2. The third kappa shape index (κ3) is 3.70. The summed E-state index contributed by atoms with van der Waals surface area (Å²) in [5.41, 5.74) is 0.881. The standard InChI is InChI=1S/C13H11Cl2NO2S/c14-12-7-6-11(8-13(12)15)19(17,18)16-9-10-4-2-1-3-5-10/h1-8,16H,9H2. The lowest BCUT2D eigenvalue weighted by atomic mass is 10.2. The van der Waals surface area contributed by atoms with Crippen molar-refractivity contribution in [3.63, 3.8) is 0 Å². The molecule has 0 bridgehead atoms. The Morgan fingerprint density at radius 1 is 0.947 bits per heavy atom. The molecule has 0 fully saturated rings. The van der Waals surface area contributed by atoms with Gasteiger partial charge in [0.05, 0.1) is 14.9 Å². The number of nitrogens with one attached hydrogen (secondary N) is 1. The minimum atomic E-state index is -3.59. The van der Waals surface area contributed by atoms with Gasteiger partial charge in [-0.25, -0.2) is 13.1 Å². The van der Waals surface area contributed by atoms with E-state index in [-0.39, 0.29) is 16.5 Å². The zero-order chi connectivity index (χ0) is 13.9. The first kappa shape index (κ1) is 14.3. The molecular weight excluding hydrogens is 305 g/mol. The first-order chi connectivity index (χ1) is 8.99. The minimum Gasteiger partial charge on any atom is -0.207 e. The number of sulfonamides is 1. The van der Waals surface area contributed by atoms with Gasteiger partial charge in [0.25, 0.3) is 0 Å². The maximum atomic E-state index is 12.1. The molecule has 0 aliphatic heterocycles. The van der Waals surface area contributed by atoms with Crippen molar-refractivity contribution in [3.05, 3.63) is 64.1 Å². The Balaban J connectivity index is 2.16. The lowest BCUT2D eigenvalue weighted by molar-refractivity contribution is 0.581. The second kappa shape index (κ2) is 5.92. The summed E-state index contributed by atoms with van der Waals surface area (Å²) >= 11 is 11.6. The average Bonchev–Trinajstić information content (AvgIpc) is 2.41. The summed E-state index contributed by atoms with van der Waals surface area (Å²) in [6.07, 6.45) is 0. The number of rotatable bonds is 4. The van der Waals surface area contributed by atoms with Crippen LogP contribution in [0.25, 0.3) is 0 Å². The average molecular weight is 316 g/mol. The summed E-state index contributed by atoms with van der Waals surface area (Å²) in [6, 6.07) is 13.5. The molecule has 2 aromatic rings. The van der Waals surface area contributed by atoms with E-state index in [0.29, 0.717) is 5.02 Å². The van der Waals surface area contributed by atoms with Crippen LogP contribution in [0.1, 0.15) is 5.56 Å². The minimum absolute atomic E-state index is 0.0952. The molecule has 0 amide bonds. The quantitative estimate of drug-likeness (QED) is 0.939. The van der Waals surface area contributed by atoms with E-state index in [1.807, 2.05) is 30.3 Å². The highest BCUT2D eigenvalue weighted by Gasteiger charge is 2.14. The number of halogens is 2. The van der Waals surface area contributed by atoms with E-state index >= 15 is 0 Å². The van der Waals surface area contributed by atoms with Crippen LogP contribution >= 0.6 is 23.2 Å². The molecule has 100 valence electrons. The summed E-state index contributed by atoms with van der Waals surface area (Å²) in [4.78, 5) is 0.0952. The fourth-order valence-electron chi connectivity index (χ4n) is 1.50. The second-order valence-electron chi connectivity index (χ2n) is 3.89. The summed E-state index contributed by atoms with van der Waals surface area (Å²) in [6.45, 7) is 0.226. The summed E-state index contributed by atoms with van der Waals surface area (Å²) < 4.78 is 26.6. The van der Waals surface area contributed by atoms with Crippen molar-refractivity contribution in [3.8, 4) is 0 Å². The molecule has 2 aromatic carbocycles. The molecule has 6 heteroatoms. The van der Waals surface area contributed by atoms with Crippen molar-refractivity contribution in [2.45, 2.75) is 11.4 Å². The predicted octanol–water partition coefficient (Wildman–Crippen LogP) is 3.47. The van der Waals surface area contributed by atoms with E-state index < -0.39 is 10.0 Å². The molecule has 1 N–H and O–H groups in total. The highest BCUT2D eigenvalue weighted by molar-refractivity contribution is 7.89. The summed E-state index contributed by atoms with van der Waals surface area (Å²) in [5.74, 6) is 0. The van der Waals surface area contributed by atoms with E-state index in [0.717, 1.165) is 5.56 Å². The first-order valence-electron chi connectivity index (χ1n) is 5.48. The fraction of sp³-hybridized carbons (Fsp3) is 0.0769. The van der Waals surface area contributed by atoms with Crippen LogP contribution in [0.3, 0.4) is 0 Å². The van der Waals surface area contributed by atoms with Gasteiger partial charge in [-0.15, -0.1) is 0 Å². The van der Waals surface area contributed by atoms with Gasteiger partial charge in [0.2, 0.25) is 10.0 Å². The molecule has 3 nitrogen and oxygen atoms in total. The highest BCUT2D eigenvalue weighted by atomic mass is 35.5. The zero-order valence-corrected chi connectivity index (χ0v) is 12.1. The lowest BCUT2D eigenvalue weighted by Gasteiger charge is -2.07. The SMILES string of the molecule is O=S(=O)(NCc1ccccc1)c1ccc(Cl)c(Cl)c1. The van der Waals surface area contributed by atoms with Crippen molar-refractivity contribution >= 4 is 33.2 Å². The Hall–Kier alpha value is -1.07. The third-order valence-electron chi connectivity index (χ3n) is 2.51. The van der Waals surface area contributed by atoms with E-state index in [1.54, 1.807) is 0 Å². The van der Waals surface area contributed by atoms with Crippen molar-refractivity contribution in [2.24, 2.45) is 0 Å². The Morgan fingerprint density at radius 2 is 1.63 bits per heavy atom. The highest BCUT2D eigenvalue weighted by Crippen LogP contribution is 2.24. The van der Waals surface area contributed by atoms with Crippen LogP contribution in [0.5, 0.6) is 0 Å². The van der Waals surface area contributed by atoms with Gasteiger partial charge in [-0.2, -0.15) is 0 Å².